The van der Waals surface area contributed by atoms with Gasteiger partial charge in [-0.1, -0.05) is 29.8 Å². The standard InChI is InChI=1S/C13H11N5O/c1-8-3-5-10(6-4-8)12(19)11-9(2)18-13(17-16-11)14-7-15-18/h3-7H,1-2H3. The van der Waals surface area contributed by atoms with Crippen LogP contribution in [0.4, 0.5) is 0 Å². The number of fused-ring (bicyclic) bond motifs is 1. The second kappa shape index (κ2) is 4.24. The predicted molar refractivity (Wildman–Crippen MR) is 67.9 cm³/mol. The second-order valence-corrected chi connectivity index (χ2v) is 4.30. The summed E-state index contributed by atoms with van der Waals surface area (Å²) in [6.45, 7) is 3.75. The maximum absolute atomic E-state index is 12.4. The molecule has 0 radical (unpaired) electrons. The van der Waals surface area contributed by atoms with Crippen LogP contribution >= 0.6 is 0 Å². The first-order valence-corrected chi connectivity index (χ1v) is 5.81. The Labute approximate surface area is 109 Å². The van der Waals surface area contributed by atoms with Crippen molar-refractivity contribution in [2.75, 3.05) is 0 Å². The molecule has 0 atom stereocenters. The number of aromatic nitrogens is 5. The van der Waals surface area contributed by atoms with Gasteiger partial charge in [-0.3, -0.25) is 4.79 Å². The van der Waals surface area contributed by atoms with E-state index in [4.69, 9.17) is 0 Å². The summed E-state index contributed by atoms with van der Waals surface area (Å²) in [5.41, 5.74) is 2.61. The lowest BCUT2D eigenvalue weighted by molar-refractivity contribution is 0.103. The third-order valence-electron chi connectivity index (χ3n) is 2.96. The van der Waals surface area contributed by atoms with Gasteiger partial charge in [0.25, 0.3) is 5.78 Å². The summed E-state index contributed by atoms with van der Waals surface area (Å²) in [5.74, 6) is 0.223. The van der Waals surface area contributed by atoms with Gasteiger partial charge in [-0.25, -0.2) is 0 Å². The average molecular weight is 253 g/mol. The molecule has 6 heteroatoms. The molecule has 2 aromatic heterocycles. The van der Waals surface area contributed by atoms with Gasteiger partial charge < -0.3 is 0 Å². The highest BCUT2D eigenvalue weighted by atomic mass is 16.1. The molecule has 0 aliphatic rings. The van der Waals surface area contributed by atoms with Crippen LogP contribution in [0.15, 0.2) is 30.6 Å². The summed E-state index contributed by atoms with van der Waals surface area (Å²) >= 11 is 0. The number of rotatable bonds is 2. The highest BCUT2D eigenvalue weighted by molar-refractivity contribution is 6.08. The largest absolute Gasteiger partial charge is 0.287 e. The molecule has 0 bridgehead atoms. The van der Waals surface area contributed by atoms with E-state index in [1.165, 1.54) is 10.8 Å². The van der Waals surface area contributed by atoms with Crippen molar-refractivity contribution in [3.8, 4) is 0 Å². The molecule has 0 N–H and O–H groups in total. The third-order valence-corrected chi connectivity index (χ3v) is 2.96. The van der Waals surface area contributed by atoms with Crippen molar-refractivity contribution in [3.63, 3.8) is 0 Å². The summed E-state index contributed by atoms with van der Waals surface area (Å²) in [4.78, 5) is 16.3. The van der Waals surface area contributed by atoms with Gasteiger partial charge in [0.1, 0.15) is 6.33 Å². The highest BCUT2D eigenvalue weighted by Crippen LogP contribution is 2.12. The monoisotopic (exact) mass is 253 g/mol. The molecule has 94 valence electrons. The van der Waals surface area contributed by atoms with Gasteiger partial charge in [-0.2, -0.15) is 14.6 Å². The van der Waals surface area contributed by atoms with Crippen molar-refractivity contribution < 1.29 is 4.79 Å². The van der Waals surface area contributed by atoms with Crippen LogP contribution in [0.5, 0.6) is 0 Å². The van der Waals surface area contributed by atoms with E-state index in [1.54, 1.807) is 19.1 Å². The number of carbonyl (C=O) groups excluding carboxylic acids is 1. The van der Waals surface area contributed by atoms with Crippen molar-refractivity contribution in [2.45, 2.75) is 13.8 Å². The molecule has 0 spiro atoms. The zero-order valence-electron chi connectivity index (χ0n) is 10.5. The Balaban J connectivity index is 2.11. The van der Waals surface area contributed by atoms with E-state index in [0.717, 1.165) is 5.56 Å². The van der Waals surface area contributed by atoms with E-state index >= 15 is 0 Å². The quantitative estimate of drug-likeness (QED) is 0.645. The van der Waals surface area contributed by atoms with Crippen molar-refractivity contribution >= 4 is 11.6 Å². The summed E-state index contributed by atoms with van der Waals surface area (Å²) in [6, 6.07) is 7.35. The van der Waals surface area contributed by atoms with Gasteiger partial charge in [0.2, 0.25) is 5.78 Å². The van der Waals surface area contributed by atoms with Gasteiger partial charge in [0.15, 0.2) is 5.69 Å². The van der Waals surface area contributed by atoms with Crippen LogP contribution in [0.1, 0.15) is 27.3 Å². The molecule has 3 aromatic rings. The molecule has 0 saturated heterocycles. The van der Waals surface area contributed by atoms with Crippen molar-refractivity contribution in [1.29, 1.82) is 0 Å². The fourth-order valence-electron chi connectivity index (χ4n) is 1.86. The zero-order chi connectivity index (χ0) is 13.4. The van der Waals surface area contributed by atoms with Crippen LogP contribution in [0.3, 0.4) is 0 Å². The van der Waals surface area contributed by atoms with E-state index in [2.05, 4.69) is 20.3 Å². The van der Waals surface area contributed by atoms with Crippen molar-refractivity contribution in [3.05, 3.63) is 53.1 Å². The van der Waals surface area contributed by atoms with E-state index in [1.807, 2.05) is 19.1 Å². The maximum Gasteiger partial charge on any atom is 0.271 e. The van der Waals surface area contributed by atoms with Gasteiger partial charge in [0, 0.05) is 5.56 Å². The van der Waals surface area contributed by atoms with Gasteiger partial charge >= 0.3 is 0 Å². The number of carbonyl (C=O) groups is 1. The van der Waals surface area contributed by atoms with Crippen LogP contribution < -0.4 is 0 Å². The molecule has 19 heavy (non-hydrogen) atoms. The summed E-state index contributed by atoms with van der Waals surface area (Å²) in [7, 11) is 0. The molecule has 0 aliphatic heterocycles. The molecule has 0 aliphatic carbocycles. The van der Waals surface area contributed by atoms with E-state index in [9.17, 15) is 4.79 Å². The van der Waals surface area contributed by atoms with Crippen molar-refractivity contribution in [1.82, 2.24) is 24.8 Å². The number of benzene rings is 1. The molecule has 6 nitrogen and oxygen atoms in total. The number of nitrogens with zero attached hydrogens (tertiary/aromatic N) is 5. The minimum absolute atomic E-state index is 0.164. The van der Waals surface area contributed by atoms with Crippen LogP contribution in [0.2, 0.25) is 0 Å². The summed E-state index contributed by atoms with van der Waals surface area (Å²) < 4.78 is 1.51. The molecule has 3 rings (SSSR count). The minimum Gasteiger partial charge on any atom is -0.287 e. The Hall–Kier alpha value is -2.63. The SMILES string of the molecule is Cc1ccc(C(=O)c2nnc3ncnn3c2C)cc1. The van der Waals surface area contributed by atoms with Gasteiger partial charge in [0.05, 0.1) is 5.69 Å². The summed E-state index contributed by atoms with van der Waals surface area (Å²) in [6.07, 6.45) is 1.39. The third kappa shape index (κ3) is 1.87. The molecular formula is C13H11N5O. The zero-order valence-corrected chi connectivity index (χ0v) is 10.5. The minimum atomic E-state index is -0.164. The lowest BCUT2D eigenvalue weighted by Gasteiger charge is -2.04. The number of ketones is 1. The molecule has 0 unspecified atom stereocenters. The Kier molecular flexibility index (Phi) is 2.56. The fourth-order valence-corrected chi connectivity index (χ4v) is 1.86. The van der Waals surface area contributed by atoms with Crippen molar-refractivity contribution in [2.24, 2.45) is 0 Å². The fraction of sp³-hybridized carbons (Fsp3) is 0.154. The molecule has 0 fully saturated rings. The maximum atomic E-state index is 12.4. The first-order chi connectivity index (χ1) is 9.16. The lowest BCUT2D eigenvalue weighted by Crippen LogP contribution is -2.12. The lowest BCUT2D eigenvalue weighted by atomic mass is 10.1. The Bertz CT molecular complexity index is 760. The normalized spacial score (nSPS) is 10.8. The average Bonchev–Trinajstić information content (AvgIpc) is 2.88. The Morgan fingerprint density at radius 2 is 1.84 bits per heavy atom. The Morgan fingerprint density at radius 1 is 1.11 bits per heavy atom. The number of hydrogen-bond donors (Lipinski definition) is 0. The molecule has 2 heterocycles. The highest BCUT2D eigenvalue weighted by Gasteiger charge is 2.17. The van der Waals surface area contributed by atoms with Gasteiger partial charge in [-0.05, 0) is 13.8 Å². The van der Waals surface area contributed by atoms with E-state index in [0.29, 0.717) is 22.7 Å². The van der Waals surface area contributed by atoms with Crippen LogP contribution in [-0.2, 0) is 0 Å². The summed E-state index contributed by atoms with van der Waals surface area (Å²) in [5, 5.41) is 11.9. The van der Waals surface area contributed by atoms with Gasteiger partial charge in [-0.15, -0.1) is 10.2 Å². The van der Waals surface area contributed by atoms with Crippen LogP contribution in [0, 0.1) is 13.8 Å². The predicted octanol–water partition coefficient (Wildman–Crippen LogP) is 1.37. The smallest absolute Gasteiger partial charge is 0.271 e. The number of aryl methyl sites for hydroxylation is 2. The second-order valence-electron chi connectivity index (χ2n) is 4.30. The molecule has 0 amide bonds. The van der Waals surface area contributed by atoms with Crippen LogP contribution in [0.25, 0.3) is 5.78 Å². The van der Waals surface area contributed by atoms with Crippen LogP contribution in [-0.4, -0.2) is 30.6 Å². The molecular weight excluding hydrogens is 242 g/mol. The number of hydrogen-bond acceptors (Lipinski definition) is 5. The Morgan fingerprint density at radius 3 is 2.58 bits per heavy atom. The topological polar surface area (TPSA) is 73.0 Å². The van der Waals surface area contributed by atoms with E-state index in [-0.39, 0.29) is 5.78 Å². The van der Waals surface area contributed by atoms with E-state index < -0.39 is 0 Å². The molecule has 1 aromatic carbocycles. The molecule has 0 saturated carbocycles. The first-order valence-electron chi connectivity index (χ1n) is 5.81. The first kappa shape index (κ1) is 11.5.